The highest BCUT2D eigenvalue weighted by molar-refractivity contribution is 5.83. The molecule has 0 bridgehead atoms. The molecule has 0 spiro atoms. The smallest absolute Gasteiger partial charge is 0.241 e. The van der Waals surface area contributed by atoms with E-state index in [0.717, 1.165) is 29.8 Å². The second kappa shape index (κ2) is 8.62. The average Bonchev–Trinajstić information content (AvgIpc) is 2.68. The Morgan fingerprint density at radius 2 is 1.81 bits per heavy atom. The molecule has 3 rings (SSSR count). The van der Waals surface area contributed by atoms with Gasteiger partial charge in [-0.1, -0.05) is 17.7 Å². The van der Waals surface area contributed by atoms with Gasteiger partial charge in [0.1, 0.15) is 11.4 Å². The Labute approximate surface area is 158 Å². The summed E-state index contributed by atoms with van der Waals surface area (Å²) >= 11 is 0. The van der Waals surface area contributed by atoms with Crippen LogP contribution in [0.3, 0.4) is 0 Å². The molecule has 142 valence electrons. The number of piperidine rings is 1. The van der Waals surface area contributed by atoms with Gasteiger partial charge in [-0.3, -0.25) is 14.6 Å². The molecule has 1 aliphatic rings. The van der Waals surface area contributed by atoms with Crippen LogP contribution in [-0.4, -0.2) is 46.3 Å². The van der Waals surface area contributed by atoms with E-state index in [1.807, 2.05) is 31.2 Å². The maximum absolute atomic E-state index is 12.1. The molecule has 7 heteroatoms. The van der Waals surface area contributed by atoms with Crippen molar-refractivity contribution >= 4 is 11.8 Å². The van der Waals surface area contributed by atoms with Crippen molar-refractivity contribution in [3.05, 3.63) is 47.9 Å². The number of likely N-dealkylation sites (tertiary alicyclic amines) is 1. The van der Waals surface area contributed by atoms with Crippen LogP contribution in [-0.2, 0) is 9.59 Å². The van der Waals surface area contributed by atoms with Crippen LogP contribution in [0.2, 0.25) is 0 Å². The van der Waals surface area contributed by atoms with Gasteiger partial charge in [-0.15, -0.1) is 0 Å². The Hall–Kier alpha value is -2.96. The number of ether oxygens (including phenoxy) is 1. The van der Waals surface area contributed by atoms with E-state index in [1.165, 1.54) is 6.92 Å². The molecule has 7 nitrogen and oxygen atoms in total. The van der Waals surface area contributed by atoms with E-state index in [2.05, 4.69) is 15.3 Å². The van der Waals surface area contributed by atoms with Crippen molar-refractivity contribution in [2.24, 2.45) is 0 Å². The molecule has 0 aliphatic carbocycles. The molecule has 0 unspecified atom stereocenters. The molecule has 1 aromatic heterocycles. The van der Waals surface area contributed by atoms with Gasteiger partial charge in [-0.2, -0.15) is 0 Å². The topological polar surface area (TPSA) is 84.4 Å². The van der Waals surface area contributed by atoms with Crippen molar-refractivity contribution in [3.8, 4) is 11.6 Å². The summed E-state index contributed by atoms with van der Waals surface area (Å²) in [5.74, 6) is 1.17. The normalized spacial score (nSPS) is 14.7. The maximum Gasteiger partial charge on any atom is 0.241 e. The minimum Gasteiger partial charge on any atom is -0.437 e. The van der Waals surface area contributed by atoms with E-state index >= 15 is 0 Å². The zero-order valence-corrected chi connectivity index (χ0v) is 15.6. The fourth-order valence-corrected chi connectivity index (χ4v) is 3.13. The standard InChI is InChI=1S/C20H24N4O3/c1-14-3-5-17(6-4-14)27-20-19(21-9-10-22-20)16-7-11-24(12-8-16)18(26)13-23-15(2)25/h3-6,9-10,16H,7-8,11-13H2,1-2H3,(H,23,25). The van der Waals surface area contributed by atoms with E-state index in [-0.39, 0.29) is 24.3 Å². The number of hydrogen-bond acceptors (Lipinski definition) is 5. The largest absolute Gasteiger partial charge is 0.437 e. The van der Waals surface area contributed by atoms with Crippen molar-refractivity contribution in [2.45, 2.75) is 32.6 Å². The molecular weight excluding hydrogens is 344 g/mol. The minimum atomic E-state index is -0.198. The number of aryl methyl sites for hydroxylation is 1. The predicted molar refractivity (Wildman–Crippen MR) is 101 cm³/mol. The first kappa shape index (κ1) is 18.8. The van der Waals surface area contributed by atoms with Crippen molar-refractivity contribution in [3.63, 3.8) is 0 Å². The van der Waals surface area contributed by atoms with Crippen LogP contribution >= 0.6 is 0 Å². The lowest BCUT2D eigenvalue weighted by Crippen LogP contribution is -2.43. The summed E-state index contributed by atoms with van der Waals surface area (Å²) in [4.78, 5) is 33.7. The molecule has 0 saturated carbocycles. The van der Waals surface area contributed by atoms with E-state index < -0.39 is 0 Å². The van der Waals surface area contributed by atoms with Gasteiger partial charge in [0.05, 0.1) is 6.54 Å². The number of hydrogen-bond donors (Lipinski definition) is 1. The van der Waals surface area contributed by atoms with Gasteiger partial charge >= 0.3 is 0 Å². The summed E-state index contributed by atoms with van der Waals surface area (Å²) < 4.78 is 5.96. The highest BCUT2D eigenvalue weighted by Crippen LogP contribution is 2.33. The first-order chi connectivity index (χ1) is 13.0. The lowest BCUT2D eigenvalue weighted by atomic mass is 9.93. The number of aromatic nitrogens is 2. The highest BCUT2D eigenvalue weighted by Gasteiger charge is 2.27. The van der Waals surface area contributed by atoms with E-state index in [0.29, 0.717) is 19.0 Å². The van der Waals surface area contributed by atoms with E-state index in [4.69, 9.17) is 4.74 Å². The van der Waals surface area contributed by atoms with Crippen molar-refractivity contribution in [2.75, 3.05) is 19.6 Å². The summed E-state index contributed by atoms with van der Waals surface area (Å²) in [5, 5.41) is 2.55. The molecule has 1 saturated heterocycles. The van der Waals surface area contributed by atoms with Crippen LogP contribution in [0.15, 0.2) is 36.7 Å². The third-order valence-electron chi connectivity index (χ3n) is 4.65. The average molecular weight is 368 g/mol. The van der Waals surface area contributed by atoms with Crippen molar-refractivity contribution < 1.29 is 14.3 Å². The SMILES string of the molecule is CC(=O)NCC(=O)N1CCC(c2nccnc2Oc2ccc(C)cc2)CC1. The maximum atomic E-state index is 12.1. The highest BCUT2D eigenvalue weighted by atomic mass is 16.5. The molecule has 0 atom stereocenters. The van der Waals surface area contributed by atoms with Crippen LogP contribution < -0.4 is 10.1 Å². The van der Waals surface area contributed by atoms with Gasteiger partial charge in [-0.05, 0) is 31.9 Å². The van der Waals surface area contributed by atoms with Crippen LogP contribution in [0.5, 0.6) is 11.6 Å². The molecule has 1 aliphatic heterocycles. The number of amides is 2. The number of nitrogens with one attached hydrogen (secondary N) is 1. The van der Waals surface area contributed by atoms with Gasteiger partial charge < -0.3 is 15.0 Å². The number of benzene rings is 1. The monoisotopic (exact) mass is 368 g/mol. The summed E-state index contributed by atoms with van der Waals surface area (Å²) in [6.07, 6.45) is 4.87. The quantitative estimate of drug-likeness (QED) is 0.876. The molecule has 2 amide bonds. The van der Waals surface area contributed by atoms with Crippen LogP contribution in [0.1, 0.15) is 36.9 Å². The zero-order chi connectivity index (χ0) is 19.2. The van der Waals surface area contributed by atoms with Gasteiger partial charge in [0, 0.05) is 38.3 Å². The molecule has 1 N–H and O–H groups in total. The zero-order valence-electron chi connectivity index (χ0n) is 15.6. The van der Waals surface area contributed by atoms with Crippen molar-refractivity contribution in [1.29, 1.82) is 0 Å². The molecule has 2 heterocycles. The number of carbonyl (C=O) groups is 2. The first-order valence-electron chi connectivity index (χ1n) is 9.10. The first-order valence-corrected chi connectivity index (χ1v) is 9.10. The fourth-order valence-electron chi connectivity index (χ4n) is 3.13. The fraction of sp³-hybridized carbons (Fsp3) is 0.400. The van der Waals surface area contributed by atoms with E-state index in [9.17, 15) is 9.59 Å². The summed E-state index contributed by atoms with van der Waals surface area (Å²) in [6, 6.07) is 7.81. The third kappa shape index (κ3) is 5.03. The lowest BCUT2D eigenvalue weighted by Gasteiger charge is -2.32. The van der Waals surface area contributed by atoms with Crippen LogP contribution in [0, 0.1) is 6.92 Å². The Bertz CT molecular complexity index is 799. The Morgan fingerprint density at radius 3 is 2.48 bits per heavy atom. The molecule has 1 aromatic carbocycles. The second-order valence-electron chi connectivity index (χ2n) is 6.73. The van der Waals surface area contributed by atoms with E-state index in [1.54, 1.807) is 17.3 Å². The van der Waals surface area contributed by atoms with Crippen molar-refractivity contribution in [1.82, 2.24) is 20.2 Å². The Kier molecular flexibility index (Phi) is 6.01. The lowest BCUT2D eigenvalue weighted by molar-refractivity contribution is -0.133. The summed E-state index contributed by atoms with van der Waals surface area (Å²) in [7, 11) is 0. The van der Waals surface area contributed by atoms with Crippen LogP contribution in [0.4, 0.5) is 0 Å². The van der Waals surface area contributed by atoms with Gasteiger partial charge in [0.2, 0.25) is 17.7 Å². The Morgan fingerprint density at radius 1 is 1.15 bits per heavy atom. The second-order valence-corrected chi connectivity index (χ2v) is 6.73. The summed E-state index contributed by atoms with van der Waals surface area (Å²) in [6.45, 7) is 4.74. The molecule has 1 fully saturated rings. The minimum absolute atomic E-state index is 0.0485. The van der Waals surface area contributed by atoms with Gasteiger partial charge in [0.15, 0.2) is 0 Å². The number of carbonyl (C=O) groups excluding carboxylic acids is 2. The number of nitrogens with zero attached hydrogens (tertiary/aromatic N) is 3. The van der Waals surface area contributed by atoms with Crippen LogP contribution in [0.25, 0.3) is 0 Å². The Balaban J connectivity index is 1.63. The molecule has 2 aromatic rings. The molecule has 27 heavy (non-hydrogen) atoms. The summed E-state index contributed by atoms with van der Waals surface area (Å²) in [5.41, 5.74) is 1.99. The molecule has 0 radical (unpaired) electrons. The number of rotatable bonds is 5. The predicted octanol–water partition coefficient (Wildman–Crippen LogP) is 2.42. The molecular formula is C20H24N4O3. The third-order valence-corrected chi connectivity index (χ3v) is 4.65. The van der Waals surface area contributed by atoms with Gasteiger partial charge in [0.25, 0.3) is 0 Å². The van der Waals surface area contributed by atoms with Gasteiger partial charge in [-0.25, -0.2) is 4.98 Å².